The van der Waals surface area contributed by atoms with Crippen LogP contribution in [0.4, 0.5) is 5.69 Å². The first kappa shape index (κ1) is 25.2. The van der Waals surface area contributed by atoms with Crippen molar-refractivity contribution in [3.63, 3.8) is 0 Å². The average Bonchev–Trinajstić information content (AvgIpc) is 3.52. The third-order valence-corrected chi connectivity index (χ3v) is 9.35. The van der Waals surface area contributed by atoms with Crippen LogP contribution in [0, 0.1) is 11.8 Å². The van der Waals surface area contributed by atoms with Crippen molar-refractivity contribution >= 4 is 46.6 Å². The van der Waals surface area contributed by atoms with Crippen LogP contribution in [-0.2, 0) is 19.1 Å². The molecule has 198 valence electrons. The summed E-state index contributed by atoms with van der Waals surface area (Å²) in [6.07, 6.45) is 13.4. The fourth-order valence-electron chi connectivity index (χ4n) is 7.34. The molecule has 2 aliphatic carbocycles. The standard InChI is InChI=1S/C28H33Cl2N3O4/c29-16-13-17(30)15-19(14-16)32-25(34)22-21-11-12-28(37-21)23(22)27(36)33(20-9-5-2-6-10-20)24(28)26(35)31-18-7-3-1-4-8-18/h11-15,18,20-24H,1-10H2,(H,31,35)(H,32,34)/t21-,22+,23-,24+,28-/m0/s1. The van der Waals surface area contributed by atoms with E-state index in [9.17, 15) is 14.4 Å². The summed E-state index contributed by atoms with van der Waals surface area (Å²) in [5.41, 5.74) is -0.671. The van der Waals surface area contributed by atoms with Gasteiger partial charge >= 0.3 is 0 Å². The Morgan fingerprint density at radius 1 is 0.919 bits per heavy atom. The molecule has 5 aliphatic rings. The summed E-state index contributed by atoms with van der Waals surface area (Å²) < 4.78 is 6.47. The van der Waals surface area contributed by atoms with Crippen LogP contribution >= 0.6 is 23.2 Å². The Morgan fingerprint density at radius 3 is 2.24 bits per heavy atom. The molecule has 2 saturated heterocycles. The molecule has 2 N–H and O–H groups in total. The van der Waals surface area contributed by atoms with Gasteiger partial charge in [-0.25, -0.2) is 0 Å². The molecule has 0 aromatic heterocycles. The Kier molecular flexibility index (Phi) is 6.74. The summed E-state index contributed by atoms with van der Waals surface area (Å²) in [6.45, 7) is 0. The lowest BCUT2D eigenvalue weighted by Gasteiger charge is -2.39. The van der Waals surface area contributed by atoms with E-state index in [2.05, 4.69) is 10.6 Å². The summed E-state index contributed by atoms with van der Waals surface area (Å²) >= 11 is 12.3. The molecule has 0 unspecified atom stereocenters. The van der Waals surface area contributed by atoms with E-state index in [1.54, 1.807) is 23.1 Å². The first-order valence-corrected chi connectivity index (χ1v) is 14.4. The number of halogens is 2. The number of hydrogen-bond donors (Lipinski definition) is 2. The number of nitrogens with one attached hydrogen (secondary N) is 2. The third-order valence-electron chi connectivity index (χ3n) is 8.91. The highest BCUT2D eigenvalue weighted by Gasteiger charge is 2.73. The molecule has 3 aliphatic heterocycles. The van der Waals surface area contributed by atoms with Crippen molar-refractivity contribution in [1.29, 1.82) is 0 Å². The number of likely N-dealkylation sites (tertiary alicyclic amines) is 1. The minimum absolute atomic E-state index is 0.0187. The Balaban J connectivity index is 1.32. The van der Waals surface area contributed by atoms with Crippen LogP contribution in [0.15, 0.2) is 30.4 Å². The maximum Gasteiger partial charge on any atom is 0.246 e. The smallest absolute Gasteiger partial charge is 0.246 e. The van der Waals surface area contributed by atoms with Gasteiger partial charge in [0, 0.05) is 27.8 Å². The molecule has 2 saturated carbocycles. The van der Waals surface area contributed by atoms with Gasteiger partial charge in [0.05, 0.1) is 17.9 Å². The lowest BCUT2D eigenvalue weighted by molar-refractivity contribution is -0.144. The van der Waals surface area contributed by atoms with Gasteiger partial charge in [-0.2, -0.15) is 0 Å². The molecule has 3 heterocycles. The Hall–Kier alpha value is -2.09. The summed E-state index contributed by atoms with van der Waals surface area (Å²) in [4.78, 5) is 43.5. The van der Waals surface area contributed by atoms with Gasteiger partial charge < -0.3 is 20.3 Å². The summed E-state index contributed by atoms with van der Waals surface area (Å²) in [5.74, 6) is -2.12. The molecule has 1 aromatic rings. The molecular weight excluding hydrogens is 513 g/mol. The predicted octanol–water partition coefficient (Wildman–Crippen LogP) is 4.86. The van der Waals surface area contributed by atoms with Crippen molar-refractivity contribution in [2.45, 2.75) is 94.0 Å². The zero-order valence-corrected chi connectivity index (χ0v) is 22.3. The van der Waals surface area contributed by atoms with Gasteiger partial charge in [-0.1, -0.05) is 73.9 Å². The average molecular weight is 546 g/mol. The molecule has 1 spiro atoms. The highest BCUT2D eigenvalue weighted by Crippen LogP contribution is 2.56. The van der Waals surface area contributed by atoms with E-state index in [4.69, 9.17) is 27.9 Å². The van der Waals surface area contributed by atoms with E-state index in [0.717, 1.165) is 57.8 Å². The van der Waals surface area contributed by atoms with E-state index in [1.165, 1.54) is 6.42 Å². The van der Waals surface area contributed by atoms with E-state index >= 15 is 0 Å². The van der Waals surface area contributed by atoms with Crippen molar-refractivity contribution in [2.24, 2.45) is 11.8 Å². The molecule has 6 rings (SSSR count). The van der Waals surface area contributed by atoms with Crippen molar-refractivity contribution in [2.75, 3.05) is 5.32 Å². The fourth-order valence-corrected chi connectivity index (χ4v) is 7.86. The second kappa shape index (κ2) is 9.90. The molecule has 9 heteroatoms. The highest BCUT2D eigenvalue weighted by molar-refractivity contribution is 6.35. The Labute approximate surface area is 227 Å². The van der Waals surface area contributed by atoms with E-state index < -0.39 is 29.6 Å². The number of carbonyl (C=O) groups is 3. The van der Waals surface area contributed by atoms with Crippen LogP contribution in [0.5, 0.6) is 0 Å². The van der Waals surface area contributed by atoms with Gasteiger partial charge in [0.15, 0.2) is 0 Å². The summed E-state index contributed by atoms with van der Waals surface area (Å²) in [5, 5.41) is 6.96. The second-order valence-electron chi connectivity index (χ2n) is 11.2. The lowest BCUT2D eigenvalue weighted by atomic mass is 9.74. The Bertz CT molecular complexity index is 1110. The minimum atomic E-state index is -1.13. The SMILES string of the molecule is O=C(Nc1cc(Cl)cc(Cl)c1)[C@@H]1[C@@H]2C=C[C@]3(O2)[C@@H]1C(=O)N(C1CCCCC1)[C@@H]3C(=O)NC1CCCCC1. The largest absolute Gasteiger partial charge is 0.359 e. The molecule has 7 nitrogen and oxygen atoms in total. The molecule has 0 radical (unpaired) electrons. The molecule has 4 fully saturated rings. The molecule has 37 heavy (non-hydrogen) atoms. The van der Waals surface area contributed by atoms with Crippen LogP contribution in [0.25, 0.3) is 0 Å². The van der Waals surface area contributed by atoms with Gasteiger partial charge in [0.2, 0.25) is 17.7 Å². The molecular formula is C28H33Cl2N3O4. The van der Waals surface area contributed by atoms with Crippen molar-refractivity contribution in [1.82, 2.24) is 10.2 Å². The zero-order chi connectivity index (χ0) is 25.7. The number of benzene rings is 1. The fraction of sp³-hybridized carbons (Fsp3) is 0.607. The Morgan fingerprint density at radius 2 is 1.57 bits per heavy atom. The molecule has 1 aromatic carbocycles. The van der Waals surface area contributed by atoms with Crippen LogP contribution in [0.3, 0.4) is 0 Å². The number of hydrogen-bond acceptors (Lipinski definition) is 4. The number of ether oxygens (including phenoxy) is 1. The van der Waals surface area contributed by atoms with Crippen molar-refractivity contribution < 1.29 is 19.1 Å². The number of carbonyl (C=O) groups excluding carboxylic acids is 3. The van der Waals surface area contributed by atoms with E-state index in [-0.39, 0.29) is 29.8 Å². The van der Waals surface area contributed by atoms with Crippen molar-refractivity contribution in [3.8, 4) is 0 Å². The summed E-state index contributed by atoms with van der Waals surface area (Å²) in [6, 6.07) is 4.17. The van der Waals surface area contributed by atoms with Crippen LogP contribution in [0.1, 0.15) is 64.2 Å². The normalized spacial score (nSPS) is 33.6. The summed E-state index contributed by atoms with van der Waals surface area (Å²) in [7, 11) is 0. The molecule has 2 bridgehead atoms. The number of fused-ring (bicyclic) bond motifs is 1. The lowest BCUT2D eigenvalue weighted by Crippen LogP contribution is -2.58. The molecule has 5 atom stereocenters. The van der Waals surface area contributed by atoms with Crippen LogP contribution in [-0.4, -0.2) is 52.5 Å². The van der Waals surface area contributed by atoms with Gasteiger partial charge in [-0.15, -0.1) is 0 Å². The zero-order valence-electron chi connectivity index (χ0n) is 20.8. The van der Waals surface area contributed by atoms with Crippen LogP contribution < -0.4 is 10.6 Å². The predicted molar refractivity (Wildman–Crippen MR) is 141 cm³/mol. The van der Waals surface area contributed by atoms with E-state index in [1.807, 2.05) is 12.2 Å². The maximum atomic E-state index is 14.2. The topological polar surface area (TPSA) is 87.7 Å². The minimum Gasteiger partial charge on any atom is -0.359 e. The number of anilines is 1. The monoisotopic (exact) mass is 545 g/mol. The van der Waals surface area contributed by atoms with Crippen molar-refractivity contribution in [3.05, 3.63) is 40.4 Å². The van der Waals surface area contributed by atoms with Crippen LogP contribution in [0.2, 0.25) is 10.0 Å². The highest BCUT2D eigenvalue weighted by atomic mass is 35.5. The van der Waals surface area contributed by atoms with Gasteiger partial charge in [0.25, 0.3) is 0 Å². The number of rotatable bonds is 5. The number of nitrogens with zero attached hydrogens (tertiary/aromatic N) is 1. The first-order valence-electron chi connectivity index (χ1n) is 13.6. The quantitative estimate of drug-likeness (QED) is 0.517. The van der Waals surface area contributed by atoms with Gasteiger partial charge in [0.1, 0.15) is 11.6 Å². The first-order chi connectivity index (χ1) is 17.9. The van der Waals surface area contributed by atoms with Gasteiger partial charge in [-0.05, 0) is 43.9 Å². The third kappa shape index (κ3) is 4.37. The van der Waals surface area contributed by atoms with Gasteiger partial charge in [-0.3, -0.25) is 14.4 Å². The maximum absolute atomic E-state index is 14.2. The molecule has 3 amide bonds. The van der Waals surface area contributed by atoms with E-state index in [0.29, 0.717) is 15.7 Å². The number of amides is 3. The second-order valence-corrected chi connectivity index (χ2v) is 12.1.